The number of ether oxygens (including phenoxy) is 3. The Kier molecular flexibility index (Phi) is 8.17. The van der Waals surface area contributed by atoms with Crippen LogP contribution in [0.1, 0.15) is 45.1 Å². The largest absolute Gasteiger partial charge is 0.474 e. The number of nitrogens with one attached hydrogen (secondary N) is 2. The molecule has 1 unspecified atom stereocenters. The minimum Gasteiger partial charge on any atom is -0.474 e. The zero-order valence-corrected chi connectivity index (χ0v) is 20.4. The van der Waals surface area contributed by atoms with Crippen LogP contribution in [0.3, 0.4) is 0 Å². The lowest BCUT2D eigenvalue weighted by atomic mass is 10.1. The lowest BCUT2D eigenvalue weighted by Crippen LogP contribution is -2.42. The third kappa shape index (κ3) is 6.68. The average molecular weight is 489 g/mol. The number of hydrogen-bond acceptors (Lipinski definition) is 9. The van der Waals surface area contributed by atoms with Crippen LogP contribution in [0.4, 0.5) is 26.5 Å². The Hall–Kier alpha value is -3.21. The summed E-state index contributed by atoms with van der Waals surface area (Å²) in [7, 11) is 0. The van der Waals surface area contributed by atoms with Gasteiger partial charge in [0, 0.05) is 39.1 Å². The highest BCUT2D eigenvalue weighted by Crippen LogP contribution is 2.28. The number of likely N-dealkylation sites (tertiary alicyclic amines) is 1. The third-order valence-electron chi connectivity index (χ3n) is 5.99. The van der Waals surface area contributed by atoms with Crippen molar-refractivity contribution in [2.45, 2.75) is 64.8 Å². The number of rotatable bonds is 8. The number of nitrogens with zero attached hydrogens (tertiary/aromatic N) is 4. The van der Waals surface area contributed by atoms with Crippen molar-refractivity contribution in [2.24, 2.45) is 0 Å². The summed E-state index contributed by atoms with van der Waals surface area (Å²) >= 11 is 0. The van der Waals surface area contributed by atoms with E-state index in [2.05, 4.69) is 25.6 Å². The smallest absolute Gasteiger partial charge is 0.410 e. The van der Waals surface area contributed by atoms with E-state index in [-0.39, 0.29) is 30.1 Å². The standard InChI is InChI=1S/C24H33FN6O4/c1-15(2)34-24(32)31-10-8-17(9-11-31)35-23-16(3)22(27-14-28-23)29-19-6-7-20(30-21(19)25)26-13-18-5-4-12-33-18/h6-7,14-15,17-18H,4-5,8-13H2,1-3H3,(H,26,30)(H,27,28,29). The minimum atomic E-state index is -0.636. The number of amides is 1. The minimum absolute atomic E-state index is 0.0906. The van der Waals surface area contributed by atoms with Crippen LogP contribution in [0.2, 0.25) is 0 Å². The normalized spacial score (nSPS) is 18.5. The molecule has 4 rings (SSSR count). The summed E-state index contributed by atoms with van der Waals surface area (Å²) in [6.45, 7) is 7.95. The molecule has 2 aromatic rings. The van der Waals surface area contributed by atoms with Crippen LogP contribution < -0.4 is 15.4 Å². The Labute approximate surface area is 204 Å². The maximum atomic E-state index is 14.7. The quantitative estimate of drug-likeness (QED) is 0.532. The van der Waals surface area contributed by atoms with E-state index in [1.54, 1.807) is 17.0 Å². The first kappa shape index (κ1) is 24.9. The molecular formula is C24H33FN6O4. The van der Waals surface area contributed by atoms with E-state index in [4.69, 9.17) is 14.2 Å². The molecule has 2 N–H and O–H groups in total. The molecule has 1 atom stereocenters. The van der Waals surface area contributed by atoms with Crippen molar-refractivity contribution in [3.05, 3.63) is 30.0 Å². The van der Waals surface area contributed by atoms with Crippen LogP contribution in [0.5, 0.6) is 5.88 Å². The molecule has 0 spiro atoms. The van der Waals surface area contributed by atoms with Crippen LogP contribution in [0, 0.1) is 12.9 Å². The van der Waals surface area contributed by atoms with E-state index < -0.39 is 5.95 Å². The van der Waals surface area contributed by atoms with Gasteiger partial charge in [0.15, 0.2) is 0 Å². The SMILES string of the molecule is Cc1c(Nc2ccc(NCC3CCCO3)nc2F)ncnc1OC1CCN(C(=O)OC(C)C)CC1. The Bertz CT molecular complexity index is 1010. The second-order valence-corrected chi connectivity index (χ2v) is 9.06. The third-order valence-corrected chi connectivity index (χ3v) is 5.99. The molecule has 2 saturated heterocycles. The van der Waals surface area contributed by atoms with Crippen LogP contribution >= 0.6 is 0 Å². The Morgan fingerprint density at radius 3 is 2.74 bits per heavy atom. The molecule has 2 aliphatic rings. The molecule has 35 heavy (non-hydrogen) atoms. The van der Waals surface area contributed by atoms with E-state index in [9.17, 15) is 9.18 Å². The summed E-state index contributed by atoms with van der Waals surface area (Å²) in [5, 5.41) is 6.11. The Morgan fingerprint density at radius 1 is 1.26 bits per heavy atom. The van der Waals surface area contributed by atoms with Crippen molar-refractivity contribution in [3.63, 3.8) is 0 Å². The van der Waals surface area contributed by atoms with Gasteiger partial charge in [0.2, 0.25) is 11.8 Å². The number of hydrogen-bond donors (Lipinski definition) is 2. The van der Waals surface area contributed by atoms with Crippen LogP contribution in [-0.2, 0) is 9.47 Å². The molecule has 0 aromatic carbocycles. The molecule has 0 bridgehead atoms. The van der Waals surface area contributed by atoms with Crippen LogP contribution in [0.25, 0.3) is 0 Å². The average Bonchev–Trinajstić information content (AvgIpc) is 3.35. The van der Waals surface area contributed by atoms with Gasteiger partial charge in [0.05, 0.1) is 23.5 Å². The van der Waals surface area contributed by atoms with Crippen molar-refractivity contribution in [1.82, 2.24) is 19.9 Å². The Balaban J connectivity index is 1.33. The number of halogens is 1. The van der Waals surface area contributed by atoms with E-state index in [1.807, 2.05) is 20.8 Å². The van der Waals surface area contributed by atoms with Crippen LogP contribution in [-0.4, -0.2) is 70.5 Å². The lowest BCUT2D eigenvalue weighted by Gasteiger charge is -2.32. The van der Waals surface area contributed by atoms with E-state index in [1.165, 1.54) is 6.33 Å². The van der Waals surface area contributed by atoms with Crippen LogP contribution in [0.15, 0.2) is 18.5 Å². The Morgan fingerprint density at radius 2 is 2.06 bits per heavy atom. The predicted octanol–water partition coefficient (Wildman–Crippen LogP) is 4.04. The lowest BCUT2D eigenvalue weighted by molar-refractivity contribution is 0.0505. The number of piperidine rings is 1. The fourth-order valence-corrected chi connectivity index (χ4v) is 4.05. The molecule has 10 nitrogen and oxygen atoms in total. The fourth-order valence-electron chi connectivity index (χ4n) is 4.05. The van der Waals surface area contributed by atoms with Crippen molar-refractivity contribution < 1.29 is 23.4 Å². The molecule has 2 aromatic heterocycles. The molecule has 2 aliphatic heterocycles. The van der Waals surface area contributed by atoms with Gasteiger partial charge in [-0.25, -0.2) is 19.7 Å². The van der Waals surface area contributed by atoms with Gasteiger partial charge in [-0.3, -0.25) is 0 Å². The van der Waals surface area contributed by atoms with Gasteiger partial charge in [-0.1, -0.05) is 0 Å². The molecule has 11 heteroatoms. The van der Waals surface area contributed by atoms with E-state index in [0.717, 1.165) is 19.4 Å². The van der Waals surface area contributed by atoms with Crippen molar-refractivity contribution in [1.29, 1.82) is 0 Å². The van der Waals surface area contributed by atoms with E-state index >= 15 is 0 Å². The van der Waals surface area contributed by atoms with Gasteiger partial charge in [-0.05, 0) is 45.7 Å². The summed E-state index contributed by atoms with van der Waals surface area (Å²) < 4.78 is 31.6. The molecule has 0 aliphatic carbocycles. The highest BCUT2D eigenvalue weighted by atomic mass is 19.1. The molecule has 1 amide bonds. The molecule has 190 valence electrons. The monoisotopic (exact) mass is 488 g/mol. The van der Waals surface area contributed by atoms with Crippen molar-refractivity contribution in [3.8, 4) is 5.88 Å². The second kappa shape index (κ2) is 11.5. The first-order valence-corrected chi connectivity index (χ1v) is 12.1. The first-order valence-electron chi connectivity index (χ1n) is 12.1. The fraction of sp³-hybridized carbons (Fsp3) is 0.583. The topological polar surface area (TPSA) is 111 Å². The number of aromatic nitrogens is 3. The highest BCUT2D eigenvalue weighted by molar-refractivity contribution is 5.68. The van der Waals surface area contributed by atoms with Gasteiger partial charge in [0.1, 0.15) is 24.1 Å². The van der Waals surface area contributed by atoms with E-state index in [0.29, 0.717) is 55.6 Å². The van der Waals surface area contributed by atoms with Crippen molar-refractivity contribution >= 4 is 23.4 Å². The number of anilines is 3. The molecular weight excluding hydrogens is 455 g/mol. The zero-order valence-electron chi connectivity index (χ0n) is 20.4. The summed E-state index contributed by atoms with van der Waals surface area (Å²) in [5.41, 5.74) is 0.867. The molecule has 4 heterocycles. The summed E-state index contributed by atoms with van der Waals surface area (Å²) in [6, 6.07) is 3.33. The van der Waals surface area contributed by atoms with Gasteiger partial charge in [-0.2, -0.15) is 4.39 Å². The van der Waals surface area contributed by atoms with Crippen molar-refractivity contribution in [2.75, 3.05) is 36.9 Å². The molecule has 2 fully saturated rings. The molecule has 0 radical (unpaired) electrons. The second-order valence-electron chi connectivity index (χ2n) is 9.06. The number of carbonyl (C=O) groups excluding carboxylic acids is 1. The van der Waals surface area contributed by atoms with Gasteiger partial charge in [0.25, 0.3) is 0 Å². The summed E-state index contributed by atoms with van der Waals surface area (Å²) in [6.07, 6.45) is 4.35. The van der Waals surface area contributed by atoms with Gasteiger partial charge < -0.3 is 29.7 Å². The first-order chi connectivity index (χ1) is 16.9. The van der Waals surface area contributed by atoms with Gasteiger partial charge >= 0.3 is 6.09 Å². The number of carbonyl (C=O) groups is 1. The maximum absolute atomic E-state index is 14.7. The predicted molar refractivity (Wildman–Crippen MR) is 129 cm³/mol. The molecule has 0 saturated carbocycles. The maximum Gasteiger partial charge on any atom is 0.410 e. The highest BCUT2D eigenvalue weighted by Gasteiger charge is 2.26. The number of pyridine rings is 1. The summed E-state index contributed by atoms with van der Waals surface area (Å²) in [4.78, 5) is 26.3. The van der Waals surface area contributed by atoms with Gasteiger partial charge in [-0.15, -0.1) is 0 Å². The summed E-state index contributed by atoms with van der Waals surface area (Å²) in [5.74, 6) is 0.682. The zero-order chi connectivity index (χ0) is 24.8.